The minimum atomic E-state index is -0.0456. The third-order valence-electron chi connectivity index (χ3n) is 3.06. The largest absolute Gasteiger partial charge is 0.462 e. The Morgan fingerprint density at radius 3 is 2.56 bits per heavy atom. The summed E-state index contributed by atoms with van der Waals surface area (Å²) in [7, 11) is 0. The average Bonchev–Trinajstić information content (AvgIpc) is 2.81. The quantitative estimate of drug-likeness (QED) is 0.726. The molecule has 16 heavy (non-hydrogen) atoms. The number of aryl methyl sites for hydroxylation is 1. The lowest BCUT2D eigenvalue weighted by molar-refractivity contribution is -0.148. The van der Waals surface area contributed by atoms with Gasteiger partial charge in [-0.05, 0) is 37.7 Å². The fourth-order valence-electron chi connectivity index (χ4n) is 2.14. The molecule has 1 aliphatic rings. The fourth-order valence-corrected chi connectivity index (χ4v) is 2.14. The summed E-state index contributed by atoms with van der Waals surface area (Å²) in [5, 5.41) is 0. The van der Waals surface area contributed by atoms with E-state index in [0.717, 1.165) is 19.3 Å². The summed E-state index contributed by atoms with van der Waals surface area (Å²) in [6, 6.07) is 10.1. The smallest absolute Gasteiger partial charge is 0.306 e. The van der Waals surface area contributed by atoms with Crippen molar-refractivity contribution in [3.05, 3.63) is 35.9 Å². The summed E-state index contributed by atoms with van der Waals surface area (Å²) >= 11 is 0. The van der Waals surface area contributed by atoms with E-state index >= 15 is 0 Å². The van der Waals surface area contributed by atoms with Gasteiger partial charge in [0.2, 0.25) is 0 Å². The molecule has 0 bridgehead atoms. The van der Waals surface area contributed by atoms with Crippen molar-refractivity contribution in [3.8, 4) is 0 Å². The van der Waals surface area contributed by atoms with Crippen LogP contribution in [0.4, 0.5) is 0 Å². The topological polar surface area (TPSA) is 26.3 Å². The van der Waals surface area contributed by atoms with Crippen LogP contribution in [0, 0.1) is 0 Å². The normalized spacial score (nSPS) is 16.2. The minimum absolute atomic E-state index is 0.0456. The maximum Gasteiger partial charge on any atom is 0.306 e. The van der Waals surface area contributed by atoms with Crippen LogP contribution in [0.3, 0.4) is 0 Å². The van der Waals surface area contributed by atoms with Gasteiger partial charge in [0.1, 0.15) is 6.10 Å². The molecule has 0 aromatic heterocycles. The van der Waals surface area contributed by atoms with Crippen LogP contribution in [0.15, 0.2) is 30.3 Å². The highest BCUT2D eigenvalue weighted by atomic mass is 16.5. The minimum Gasteiger partial charge on any atom is -0.462 e. The number of esters is 1. The molecule has 0 atom stereocenters. The Hall–Kier alpha value is -1.31. The number of hydrogen-bond donors (Lipinski definition) is 0. The summed E-state index contributed by atoms with van der Waals surface area (Å²) in [5.74, 6) is -0.0456. The molecule has 1 aliphatic carbocycles. The maximum atomic E-state index is 11.6. The van der Waals surface area contributed by atoms with E-state index in [4.69, 9.17) is 4.74 Å². The first-order chi connectivity index (χ1) is 7.84. The maximum absolute atomic E-state index is 11.6. The molecule has 2 heteroatoms. The number of carbonyl (C=O) groups excluding carboxylic acids is 1. The summed E-state index contributed by atoms with van der Waals surface area (Å²) < 4.78 is 5.39. The van der Waals surface area contributed by atoms with Gasteiger partial charge < -0.3 is 4.74 Å². The van der Waals surface area contributed by atoms with Gasteiger partial charge in [0.05, 0.1) is 0 Å². The molecule has 1 aromatic rings. The molecule has 0 spiro atoms. The number of ether oxygens (including phenoxy) is 1. The third kappa shape index (κ3) is 3.37. The zero-order valence-electron chi connectivity index (χ0n) is 9.52. The number of hydrogen-bond acceptors (Lipinski definition) is 2. The summed E-state index contributed by atoms with van der Waals surface area (Å²) in [5.41, 5.74) is 1.20. The van der Waals surface area contributed by atoms with E-state index in [2.05, 4.69) is 0 Å². The van der Waals surface area contributed by atoms with Crippen LogP contribution in [0.25, 0.3) is 0 Å². The zero-order chi connectivity index (χ0) is 11.2. The zero-order valence-corrected chi connectivity index (χ0v) is 9.52. The first kappa shape index (κ1) is 11.2. The Bertz CT molecular complexity index is 326. The van der Waals surface area contributed by atoms with Crippen molar-refractivity contribution in [3.63, 3.8) is 0 Å². The van der Waals surface area contributed by atoms with Gasteiger partial charge >= 0.3 is 5.97 Å². The lowest BCUT2D eigenvalue weighted by Crippen LogP contribution is -2.14. The Morgan fingerprint density at radius 1 is 1.19 bits per heavy atom. The van der Waals surface area contributed by atoms with E-state index in [1.54, 1.807) is 0 Å². The first-order valence-corrected chi connectivity index (χ1v) is 6.08. The number of benzene rings is 1. The molecule has 0 N–H and O–H groups in total. The second-order valence-corrected chi connectivity index (χ2v) is 4.38. The second kappa shape index (κ2) is 5.69. The number of carbonyl (C=O) groups is 1. The second-order valence-electron chi connectivity index (χ2n) is 4.38. The fraction of sp³-hybridized carbons (Fsp3) is 0.500. The molecular weight excluding hydrogens is 200 g/mol. The van der Waals surface area contributed by atoms with Crippen molar-refractivity contribution >= 4 is 5.97 Å². The van der Waals surface area contributed by atoms with Crippen molar-refractivity contribution < 1.29 is 9.53 Å². The Morgan fingerprint density at radius 2 is 1.88 bits per heavy atom. The van der Waals surface area contributed by atoms with Gasteiger partial charge in [0.15, 0.2) is 0 Å². The lowest BCUT2D eigenvalue weighted by atomic mass is 10.1. The van der Waals surface area contributed by atoms with Gasteiger partial charge in [0, 0.05) is 6.42 Å². The average molecular weight is 218 g/mol. The molecule has 1 saturated carbocycles. The van der Waals surface area contributed by atoms with Crippen LogP contribution in [-0.2, 0) is 16.0 Å². The van der Waals surface area contributed by atoms with E-state index in [0.29, 0.717) is 6.42 Å². The van der Waals surface area contributed by atoms with E-state index in [1.807, 2.05) is 30.3 Å². The van der Waals surface area contributed by atoms with Crippen molar-refractivity contribution in [2.45, 2.75) is 44.6 Å². The van der Waals surface area contributed by atoms with E-state index in [-0.39, 0.29) is 12.1 Å². The Labute approximate surface area is 96.6 Å². The molecule has 86 valence electrons. The highest BCUT2D eigenvalue weighted by Gasteiger charge is 2.18. The van der Waals surface area contributed by atoms with Crippen LogP contribution < -0.4 is 0 Å². The Balaban J connectivity index is 1.71. The van der Waals surface area contributed by atoms with Gasteiger partial charge in [-0.15, -0.1) is 0 Å². The van der Waals surface area contributed by atoms with E-state index in [9.17, 15) is 4.79 Å². The van der Waals surface area contributed by atoms with Crippen molar-refractivity contribution in [1.29, 1.82) is 0 Å². The van der Waals surface area contributed by atoms with Gasteiger partial charge in [-0.1, -0.05) is 30.3 Å². The highest BCUT2D eigenvalue weighted by molar-refractivity contribution is 5.69. The van der Waals surface area contributed by atoms with E-state index in [1.165, 1.54) is 18.4 Å². The third-order valence-corrected chi connectivity index (χ3v) is 3.06. The lowest BCUT2D eigenvalue weighted by Gasteiger charge is -2.10. The van der Waals surface area contributed by atoms with Gasteiger partial charge in [-0.2, -0.15) is 0 Å². The number of rotatable bonds is 4. The molecule has 0 radical (unpaired) electrons. The molecule has 2 rings (SSSR count). The summed E-state index contributed by atoms with van der Waals surface area (Å²) in [6.07, 6.45) is 6.00. The van der Waals surface area contributed by atoms with Crippen molar-refractivity contribution in [2.24, 2.45) is 0 Å². The monoisotopic (exact) mass is 218 g/mol. The summed E-state index contributed by atoms with van der Waals surface area (Å²) in [4.78, 5) is 11.6. The van der Waals surface area contributed by atoms with Crippen LogP contribution in [-0.4, -0.2) is 12.1 Å². The molecule has 0 aliphatic heterocycles. The predicted molar refractivity (Wildman–Crippen MR) is 63.1 cm³/mol. The SMILES string of the molecule is O=C(CCc1ccccc1)OC1CCCC1. The van der Waals surface area contributed by atoms with Crippen molar-refractivity contribution in [2.75, 3.05) is 0 Å². The van der Waals surface area contributed by atoms with Crippen LogP contribution in [0.5, 0.6) is 0 Å². The van der Waals surface area contributed by atoms with Crippen molar-refractivity contribution in [1.82, 2.24) is 0 Å². The van der Waals surface area contributed by atoms with Crippen LogP contribution in [0.2, 0.25) is 0 Å². The molecule has 0 saturated heterocycles. The molecule has 1 aromatic carbocycles. The molecule has 0 unspecified atom stereocenters. The van der Waals surface area contributed by atoms with Gasteiger partial charge in [-0.25, -0.2) is 0 Å². The van der Waals surface area contributed by atoms with E-state index < -0.39 is 0 Å². The van der Waals surface area contributed by atoms with Crippen LogP contribution >= 0.6 is 0 Å². The molecular formula is C14H18O2. The molecule has 1 fully saturated rings. The van der Waals surface area contributed by atoms with Gasteiger partial charge in [0.25, 0.3) is 0 Å². The summed E-state index contributed by atoms with van der Waals surface area (Å²) in [6.45, 7) is 0. The highest BCUT2D eigenvalue weighted by Crippen LogP contribution is 2.21. The Kier molecular flexibility index (Phi) is 3.97. The molecule has 0 heterocycles. The predicted octanol–water partition coefficient (Wildman–Crippen LogP) is 3.11. The molecule has 2 nitrogen and oxygen atoms in total. The van der Waals surface area contributed by atoms with Crippen LogP contribution in [0.1, 0.15) is 37.7 Å². The first-order valence-electron chi connectivity index (χ1n) is 6.08. The van der Waals surface area contributed by atoms with Gasteiger partial charge in [-0.3, -0.25) is 4.79 Å². The standard InChI is InChI=1S/C14H18O2/c15-14(16-13-8-4-5-9-13)11-10-12-6-2-1-3-7-12/h1-3,6-7,13H,4-5,8-11H2. The molecule has 0 amide bonds.